The fourth-order valence-corrected chi connectivity index (χ4v) is 4.54. The maximum absolute atomic E-state index is 13.3. The Morgan fingerprint density at radius 3 is 2.49 bits per heavy atom. The number of nitrogens with zero attached hydrogens (tertiary/aromatic N) is 3. The molecule has 0 saturated carbocycles. The highest BCUT2D eigenvalue weighted by Gasteiger charge is 2.25. The first kappa shape index (κ1) is 28.0. The first-order valence-electron chi connectivity index (χ1n) is 13.4. The van der Waals surface area contributed by atoms with Crippen LogP contribution in [0.3, 0.4) is 0 Å². The van der Waals surface area contributed by atoms with E-state index in [1.165, 1.54) is 12.7 Å². The number of fused-ring (bicyclic) bond motifs is 1. The van der Waals surface area contributed by atoms with Crippen LogP contribution in [0.15, 0.2) is 36.4 Å². The topological polar surface area (TPSA) is 90.6 Å². The van der Waals surface area contributed by atoms with Gasteiger partial charge in [0, 0.05) is 26.2 Å². The number of anilines is 1. The number of hydrogen-bond acceptors (Lipinski definition) is 4. The van der Waals surface area contributed by atoms with Crippen LogP contribution in [0.5, 0.6) is 0 Å². The molecule has 0 atom stereocenters. The van der Waals surface area contributed by atoms with E-state index in [4.69, 9.17) is 0 Å². The van der Waals surface area contributed by atoms with E-state index in [1.54, 1.807) is 0 Å². The number of carbonyl (C=O) groups excluding carboxylic acids is 2. The van der Waals surface area contributed by atoms with Crippen LogP contribution in [-0.4, -0.2) is 58.6 Å². The summed E-state index contributed by atoms with van der Waals surface area (Å²) in [5.41, 5.74) is 5.99. The van der Waals surface area contributed by atoms with Gasteiger partial charge in [-0.25, -0.2) is 14.6 Å². The molecule has 37 heavy (non-hydrogen) atoms. The van der Waals surface area contributed by atoms with E-state index in [9.17, 15) is 9.59 Å². The molecule has 3 amide bonds. The smallest absolute Gasteiger partial charge is 0.413 e. The third-order valence-electron chi connectivity index (χ3n) is 6.75. The molecule has 0 unspecified atom stereocenters. The van der Waals surface area contributed by atoms with Crippen LogP contribution in [0.25, 0.3) is 22.2 Å². The molecule has 1 aromatic heterocycles. The van der Waals surface area contributed by atoms with Gasteiger partial charge in [-0.1, -0.05) is 45.9 Å². The molecule has 1 aliphatic heterocycles. The third-order valence-corrected chi connectivity index (χ3v) is 6.75. The monoisotopic (exact) mass is 507 g/mol. The lowest BCUT2D eigenvalue weighted by molar-refractivity contribution is 0.132. The normalized spacial score (nSPS) is 13.6. The van der Waals surface area contributed by atoms with Crippen LogP contribution < -0.4 is 5.32 Å². The minimum Gasteiger partial charge on any atom is -0.453 e. The maximum atomic E-state index is 13.3. The molecule has 0 bridgehead atoms. The number of ether oxygens (including phenoxy) is 1. The van der Waals surface area contributed by atoms with E-state index in [0.29, 0.717) is 18.4 Å². The minimum absolute atomic E-state index is 0.146. The summed E-state index contributed by atoms with van der Waals surface area (Å²) in [5.74, 6) is 1.03. The summed E-state index contributed by atoms with van der Waals surface area (Å²) in [6, 6.07) is 12.5. The van der Waals surface area contributed by atoms with Crippen LogP contribution in [-0.2, 0) is 11.3 Å². The highest BCUT2D eigenvalue weighted by atomic mass is 16.5. The standard InChI is InChI=1S/C27H35N5O3.C2H6/c1-5-12-32(27(34)31-13-10-18(2)11-14-31)17-22-15-20(7-6-19(22)3)21-8-9-23-24(16-21)29-25(28-23)30-26(33)35-4;1-2/h6-9,15-16,18H,5,10-14,17H2,1-4H3,(H2,28,29,30,33);1-2H3. The summed E-state index contributed by atoms with van der Waals surface area (Å²) in [6.07, 6.45) is 2.51. The van der Waals surface area contributed by atoms with Crippen LogP contribution in [0.4, 0.5) is 15.5 Å². The highest BCUT2D eigenvalue weighted by Crippen LogP contribution is 2.27. The number of methoxy groups -OCH3 is 1. The number of benzene rings is 2. The number of urea groups is 1. The van der Waals surface area contributed by atoms with Crippen molar-refractivity contribution in [1.82, 2.24) is 19.8 Å². The number of piperidine rings is 1. The van der Waals surface area contributed by atoms with Crippen LogP contribution >= 0.6 is 0 Å². The zero-order valence-electron chi connectivity index (χ0n) is 23.1. The minimum atomic E-state index is -0.572. The number of amides is 3. The number of aromatic nitrogens is 2. The summed E-state index contributed by atoms with van der Waals surface area (Å²) >= 11 is 0. The number of imidazole rings is 1. The molecule has 200 valence electrons. The Labute approximate surface area is 220 Å². The second-order valence-corrected chi connectivity index (χ2v) is 9.45. The molecule has 0 spiro atoms. The highest BCUT2D eigenvalue weighted by molar-refractivity contribution is 5.88. The van der Waals surface area contributed by atoms with Crippen molar-refractivity contribution in [3.05, 3.63) is 47.5 Å². The Morgan fingerprint density at radius 2 is 1.81 bits per heavy atom. The molecule has 8 heteroatoms. The van der Waals surface area contributed by atoms with E-state index in [0.717, 1.165) is 66.6 Å². The van der Waals surface area contributed by atoms with Gasteiger partial charge < -0.3 is 19.5 Å². The number of hydrogen-bond donors (Lipinski definition) is 2. The zero-order valence-corrected chi connectivity index (χ0v) is 23.1. The van der Waals surface area contributed by atoms with Gasteiger partial charge in [0.1, 0.15) is 0 Å². The van der Waals surface area contributed by atoms with Crippen molar-refractivity contribution in [2.24, 2.45) is 5.92 Å². The van der Waals surface area contributed by atoms with Crippen LogP contribution in [0.1, 0.15) is 58.1 Å². The van der Waals surface area contributed by atoms with Crippen LogP contribution in [0, 0.1) is 12.8 Å². The number of nitrogens with one attached hydrogen (secondary N) is 2. The Kier molecular flexibility index (Phi) is 9.94. The van der Waals surface area contributed by atoms with Crippen molar-refractivity contribution >= 4 is 29.1 Å². The summed E-state index contributed by atoms with van der Waals surface area (Å²) in [6.45, 7) is 13.5. The Balaban J connectivity index is 0.00000186. The lowest BCUT2D eigenvalue weighted by Crippen LogP contribution is -2.46. The molecule has 1 aliphatic rings. The van der Waals surface area contributed by atoms with Gasteiger partial charge in [-0.15, -0.1) is 0 Å². The van der Waals surface area contributed by atoms with Crippen molar-refractivity contribution in [3.8, 4) is 11.1 Å². The largest absolute Gasteiger partial charge is 0.453 e. The Hall–Kier alpha value is -3.55. The van der Waals surface area contributed by atoms with Crippen molar-refractivity contribution < 1.29 is 14.3 Å². The first-order valence-corrected chi connectivity index (χ1v) is 13.4. The van der Waals surface area contributed by atoms with E-state index < -0.39 is 6.09 Å². The van der Waals surface area contributed by atoms with Gasteiger partial charge in [-0.3, -0.25) is 5.32 Å². The molecule has 1 fully saturated rings. The number of likely N-dealkylation sites (tertiary alicyclic amines) is 1. The summed E-state index contributed by atoms with van der Waals surface area (Å²) in [4.78, 5) is 36.3. The number of rotatable bonds is 6. The predicted octanol–water partition coefficient (Wildman–Crippen LogP) is 6.81. The van der Waals surface area contributed by atoms with Gasteiger partial charge in [0.15, 0.2) is 0 Å². The molecule has 2 aromatic carbocycles. The Bertz CT molecular complexity index is 1200. The molecule has 2 N–H and O–H groups in total. The quantitative estimate of drug-likeness (QED) is 0.384. The van der Waals surface area contributed by atoms with Gasteiger partial charge in [0.25, 0.3) is 0 Å². The number of H-pyrrole nitrogens is 1. The Morgan fingerprint density at radius 1 is 1.14 bits per heavy atom. The molecule has 8 nitrogen and oxygen atoms in total. The molecular weight excluding hydrogens is 466 g/mol. The summed E-state index contributed by atoms with van der Waals surface area (Å²) in [7, 11) is 1.31. The number of aryl methyl sites for hydroxylation is 1. The van der Waals surface area contributed by atoms with Gasteiger partial charge >= 0.3 is 12.1 Å². The van der Waals surface area contributed by atoms with Crippen molar-refractivity contribution in [3.63, 3.8) is 0 Å². The average Bonchev–Trinajstić information content (AvgIpc) is 3.32. The fourth-order valence-electron chi connectivity index (χ4n) is 4.54. The van der Waals surface area contributed by atoms with E-state index in [1.807, 2.05) is 41.8 Å². The molecular formula is C29H41N5O3. The fraction of sp³-hybridized carbons (Fsp3) is 0.483. The molecule has 4 rings (SSSR count). The van der Waals surface area contributed by atoms with Gasteiger partial charge in [0.05, 0.1) is 18.1 Å². The second kappa shape index (κ2) is 13.1. The third kappa shape index (κ3) is 7.02. The molecule has 1 saturated heterocycles. The number of aromatic amines is 1. The van der Waals surface area contributed by atoms with Gasteiger partial charge in [-0.2, -0.15) is 0 Å². The van der Waals surface area contributed by atoms with Crippen LogP contribution in [0.2, 0.25) is 0 Å². The average molecular weight is 508 g/mol. The first-order chi connectivity index (χ1) is 17.9. The summed E-state index contributed by atoms with van der Waals surface area (Å²) < 4.78 is 4.64. The lowest BCUT2D eigenvalue weighted by atomic mass is 9.98. The molecule has 2 heterocycles. The van der Waals surface area contributed by atoms with E-state index >= 15 is 0 Å². The summed E-state index contributed by atoms with van der Waals surface area (Å²) in [5, 5.41) is 2.56. The van der Waals surface area contributed by atoms with E-state index in [-0.39, 0.29) is 6.03 Å². The van der Waals surface area contributed by atoms with Gasteiger partial charge in [0.2, 0.25) is 5.95 Å². The zero-order chi connectivity index (χ0) is 26.9. The SMILES string of the molecule is CC.CCCN(Cc1cc(-c2ccc3nc(NC(=O)OC)[nH]c3c2)ccc1C)C(=O)N1CCC(C)CC1. The maximum Gasteiger partial charge on any atom is 0.413 e. The predicted molar refractivity (Wildman–Crippen MR) is 150 cm³/mol. The van der Waals surface area contributed by atoms with Crippen molar-refractivity contribution in [1.29, 1.82) is 0 Å². The number of carbonyl (C=O) groups is 2. The van der Waals surface area contributed by atoms with Crippen molar-refractivity contribution in [2.45, 2.75) is 60.4 Å². The molecule has 3 aromatic rings. The van der Waals surface area contributed by atoms with E-state index in [2.05, 4.69) is 59.0 Å². The van der Waals surface area contributed by atoms with Crippen molar-refractivity contribution in [2.75, 3.05) is 32.1 Å². The van der Waals surface area contributed by atoms with Gasteiger partial charge in [-0.05, 0) is 72.6 Å². The molecule has 0 radical (unpaired) electrons. The lowest BCUT2D eigenvalue weighted by Gasteiger charge is -2.35. The molecule has 0 aliphatic carbocycles. The second-order valence-electron chi connectivity index (χ2n) is 9.45.